The highest BCUT2D eigenvalue weighted by Gasteiger charge is 2.34. The van der Waals surface area contributed by atoms with Crippen LogP contribution in [0.2, 0.25) is 0 Å². The van der Waals surface area contributed by atoms with Gasteiger partial charge >= 0.3 is 0 Å². The topological polar surface area (TPSA) is 51.0 Å². The zero-order valence-electron chi connectivity index (χ0n) is 14.6. The Morgan fingerprint density at radius 2 is 1.77 bits per heavy atom. The highest BCUT2D eigenvalue weighted by molar-refractivity contribution is 8.00. The van der Waals surface area contributed by atoms with E-state index >= 15 is 0 Å². The summed E-state index contributed by atoms with van der Waals surface area (Å²) in [5, 5.41) is 8.52. The smallest absolute Gasteiger partial charge is 0.234 e. The zero-order valence-corrected chi connectivity index (χ0v) is 15.4. The summed E-state index contributed by atoms with van der Waals surface area (Å²) in [6, 6.07) is 18.5. The first-order valence-corrected chi connectivity index (χ1v) is 9.64. The predicted octanol–water partition coefficient (Wildman–Crippen LogP) is 3.41. The number of thioether (sulfide) groups is 1. The van der Waals surface area contributed by atoms with Crippen LogP contribution in [0.15, 0.2) is 60.8 Å². The molecule has 5 nitrogen and oxygen atoms in total. The van der Waals surface area contributed by atoms with E-state index in [1.807, 2.05) is 46.1 Å². The first kappa shape index (κ1) is 16.8. The van der Waals surface area contributed by atoms with Gasteiger partial charge in [-0.25, -0.2) is 4.68 Å². The third-order valence-corrected chi connectivity index (χ3v) is 5.66. The van der Waals surface area contributed by atoms with E-state index in [1.165, 1.54) is 11.1 Å². The van der Waals surface area contributed by atoms with Crippen molar-refractivity contribution in [1.82, 2.24) is 19.9 Å². The second-order valence-corrected chi connectivity index (χ2v) is 7.57. The van der Waals surface area contributed by atoms with Crippen molar-refractivity contribution in [1.29, 1.82) is 0 Å². The molecule has 1 aromatic heterocycles. The number of hydrogen-bond donors (Lipinski definition) is 0. The average Bonchev–Trinajstić information content (AvgIpc) is 3.25. The summed E-state index contributed by atoms with van der Waals surface area (Å²) in [5.41, 5.74) is 4.39. The summed E-state index contributed by atoms with van der Waals surface area (Å²) < 4.78 is 1.84. The molecule has 132 valence electrons. The standard InChI is InChI=1S/C20H20N4OS/c1-15-7-9-17(10-8-15)11-23-13-18(21-22-23)20-24(19(25)14-26-20)12-16-5-3-2-4-6-16/h2-10,13,20H,11-12,14H2,1H3/t20-/m0/s1. The molecule has 0 radical (unpaired) electrons. The van der Waals surface area contributed by atoms with Crippen LogP contribution in [0.1, 0.15) is 27.8 Å². The number of aromatic nitrogens is 3. The van der Waals surface area contributed by atoms with E-state index in [1.54, 1.807) is 11.8 Å². The van der Waals surface area contributed by atoms with Gasteiger partial charge in [0.15, 0.2) is 0 Å². The molecule has 1 fully saturated rings. The second-order valence-electron chi connectivity index (χ2n) is 6.50. The van der Waals surface area contributed by atoms with Crippen molar-refractivity contribution in [3.63, 3.8) is 0 Å². The molecule has 1 aliphatic heterocycles. The lowest BCUT2D eigenvalue weighted by Gasteiger charge is -2.22. The van der Waals surface area contributed by atoms with Crippen molar-refractivity contribution in [3.05, 3.63) is 83.2 Å². The van der Waals surface area contributed by atoms with Gasteiger partial charge in [0, 0.05) is 6.54 Å². The van der Waals surface area contributed by atoms with Gasteiger partial charge in [0.2, 0.25) is 5.91 Å². The maximum atomic E-state index is 12.3. The lowest BCUT2D eigenvalue weighted by atomic mass is 10.1. The molecule has 0 unspecified atom stereocenters. The SMILES string of the molecule is Cc1ccc(Cn2cc([C@@H]3SCC(=O)N3Cc3ccccc3)nn2)cc1. The van der Waals surface area contributed by atoms with Crippen LogP contribution in [0.25, 0.3) is 0 Å². The molecule has 0 saturated carbocycles. The molecular weight excluding hydrogens is 344 g/mol. The number of carbonyl (C=O) groups excluding carboxylic acids is 1. The Bertz CT molecular complexity index is 892. The largest absolute Gasteiger partial charge is 0.320 e. The van der Waals surface area contributed by atoms with Crippen LogP contribution in [-0.4, -0.2) is 31.6 Å². The molecule has 0 aliphatic carbocycles. The van der Waals surface area contributed by atoms with E-state index in [4.69, 9.17) is 0 Å². The highest BCUT2D eigenvalue weighted by atomic mass is 32.2. The normalized spacial score (nSPS) is 17.0. The fourth-order valence-electron chi connectivity index (χ4n) is 3.03. The van der Waals surface area contributed by atoms with Gasteiger partial charge in [0.05, 0.1) is 18.5 Å². The van der Waals surface area contributed by atoms with Crippen LogP contribution >= 0.6 is 11.8 Å². The van der Waals surface area contributed by atoms with Gasteiger partial charge in [0.1, 0.15) is 11.1 Å². The van der Waals surface area contributed by atoms with E-state index < -0.39 is 0 Å². The van der Waals surface area contributed by atoms with Crippen LogP contribution in [0, 0.1) is 6.92 Å². The number of nitrogens with zero attached hydrogens (tertiary/aromatic N) is 4. The van der Waals surface area contributed by atoms with Gasteiger partial charge in [-0.05, 0) is 18.1 Å². The van der Waals surface area contributed by atoms with Crippen LogP contribution in [0.5, 0.6) is 0 Å². The number of rotatable bonds is 5. The van der Waals surface area contributed by atoms with Gasteiger partial charge < -0.3 is 4.90 Å². The number of amides is 1. The molecule has 6 heteroatoms. The molecule has 1 aliphatic rings. The van der Waals surface area contributed by atoms with Crippen LogP contribution in [0.3, 0.4) is 0 Å². The monoisotopic (exact) mass is 364 g/mol. The molecule has 1 amide bonds. The molecule has 1 atom stereocenters. The minimum Gasteiger partial charge on any atom is -0.320 e. The molecule has 0 N–H and O–H groups in total. The Kier molecular flexibility index (Phi) is 4.75. The van der Waals surface area contributed by atoms with Crippen molar-refractivity contribution in [2.24, 2.45) is 0 Å². The predicted molar refractivity (Wildman–Crippen MR) is 102 cm³/mol. The van der Waals surface area contributed by atoms with Crippen molar-refractivity contribution < 1.29 is 4.79 Å². The number of aryl methyl sites for hydroxylation is 1. The van der Waals surface area contributed by atoms with E-state index in [0.717, 1.165) is 11.3 Å². The molecule has 0 bridgehead atoms. The minimum atomic E-state index is -0.0746. The van der Waals surface area contributed by atoms with E-state index in [0.29, 0.717) is 18.8 Å². The van der Waals surface area contributed by atoms with Crippen molar-refractivity contribution in [2.45, 2.75) is 25.4 Å². The summed E-state index contributed by atoms with van der Waals surface area (Å²) in [5.74, 6) is 0.638. The average molecular weight is 364 g/mol. The summed E-state index contributed by atoms with van der Waals surface area (Å²) >= 11 is 1.61. The second kappa shape index (κ2) is 7.33. The van der Waals surface area contributed by atoms with E-state index in [9.17, 15) is 4.79 Å². The highest BCUT2D eigenvalue weighted by Crippen LogP contribution is 2.38. The number of hydrogen-bond acceptors (Lipinski definition) is 4. The van der Waals surface area contributed by atoms with Gasteiger partial charge in [-0.3, -0.25) is 4.79 Å². The molecule has 26 heavy (non-hydrogen) atoms. The molecule has 2 aromatic carbocycles. The van der Waals surface area contributed by atoms with Crippen molar-refractivity contribution >= 4 is 17.7 Å². The summed E-state index contributed by atoms with van der Waals surface area (Å²) in [4.78, 5) is 14.2. The minimum absolute atomic E-state index is 0.0746. The molecular formula is C20H20N4OS. The van der Waals surface area contributed by atoms with Crippen LogP contribution < -0.4 is 0 Å². The van der Waals surface area contributed by atoms with Crippen molar-refractivity contribution in [3.8, 4) is 0 Å². The molecule has 2 heterocycles. The Labute approximate surface area is 157 Å². The Balaban J connectivity index is 1.50. The van der Waals surface area contributed by atoms with Gasteiger partial charge in [-0.1, -0.05) is 65.4 Å². The third-order valence-electron chi connectivity index (χ3n) is 4.44. The number of benzene rings is 2. The summed E-state index contributed by atoms with van der Waals surface area (Å²) in [7, 11) is 0. The fourth-order valence-corrected chi connectivity index (χ4v) is 4.15. The van der Waals surface area contributed by atoms with Gasteiger partial charge in [0.25, 0.3) is 0 Å². The Morgan fingerprint density at radius 1 is 1.04 bits per heavy atom. The lowest BCUT2D eigenvalue weighted by molar-refractivity contribution is -0.128. The molecule has 1 saturated heterocycles. The maximum Gasteiger partial charge on any atom is 0.234 e. The lowest BCUT2D eigenvalue weighted by Crippen LogP contribution is -2.27. The molecule has 4 rings (SSSR count). The van der Waals surface area contributed by atoms with Crippen LogP contribution in [0.4, 0.5) is 0 Å². The first-order valence-electron chi connectivity index (χ1n) is 8.59. The van der Waals surface area contributed by atoms with E-state index in [2.05, 4.69) is 41.5 Å². The quantitative estimate of drug-likeness (QED) is 0.696. The zero-order chi connectivity index (χ0) is 17.9. The Morgan fingerprint density at radius 3 is 2.54 bits per heavy atom. The fraction of sp³-hybridized carbons (Fsp3) is 0.250. The first-order chi connectivity index (χ1) is 12.7. The maximum absolute atomic E-state index is 12.3. The Hall–Kier alpha value is -2.60. The number of carbonyl (C=O) groups is 1. The van der Waals surface area contributed by atoms with E-state index in [-0.39, 0.29) is 11.3 Å². The van der Waals surface area contributed by atoms with Crippen molar-refractivity contribution in [2.75, 3.05) is 5.75 Å². The van der Waals surface area contributed by atoms with Gasteiger partial charge in [-0.15, -0.1) is 16.9 Å². The van der Waals surface area contributed by atoms with Crippen LogP contribution in [-0.2, 0) is 17.9 Å². The summed E-state index contributed by atoms with van der Waals surface area (Å²) in [6.07, 6.45) is 1.95. The summed E-state index contributed by atoms with van der Waals surface area (Å²) in [6.45, 7) is 3.35. The molecule has 3 aromatic rings. The van der Waals surface area contributed by atoms with Gasteiger partial charge in [-0.2, -0.15) is 0 Å². The molecule has 0 spiro atoms. The third kappa shape index (κ3) is 3.65.